The van der Waals surface area contributed by atoms with Crippen LogP contribution in [0, 0.1) is 0 Å². The first-order valence-electron chi connectivity index (χ1n) is 10.4. The number of benzene rings is 2. The molecular formula is C25H22N6O2. The first-order valence-corrected chi connectivity index (χ1v) is 10.4. The molecule has 8 nitrogen and oxygen atoms in total. The third-order valence-electron chi connectivity index (χ3n) is 5.45. The van der Waals surface area contributed by atoms with Gasteiger partial charge in [0.1, 0.15) is 6.33 Å². The zero-order chi connectivity index (χ0) is 22.8. The van der Waals surface area contributed by atoms with Gasteiger partial charge >= 0.3 is 0 Å². The van der Waals surface area contributed by atoms with Crippen molar-refractivity contribution in [2.24, 2.45) is 7.05 Å². The van der Waals surface area contributed by atoms with E-state index in [1.807, 2.05) is 90.8 Å². The molecule has 1 atom stereocenters. The van der Waals surface area contributed by atoms with Crippen LogP contribution in [-0.4, -0.2) is 37.4 Å². The lowest BCUT2D eigenvalue weighted by atomic mass is 10.1. The van der Waals surface area contributed by atoms with Crippen LogP contribution in [0.4, 0.5) is 5.69 Å². The van der Waals surface area contributed by atoms with E-state index < -0.39 is 6.10 Å². The van der Waals surface area contributed by atoms with Crippen LogP contribution < -0.4 is 5.32 Å². The number of ether oxygens (including phenoxy) is 1. The van der Waals surface area contributed by atoms with Crippen molar-refractivity contribution in [2.75, 3.05) is 12.4 Å². The van der Waals surface area contributed by atoms with Gasteiger partial charge in [-0.25, -0.2) is 9.50 Å². The average molecular weight is 438 g/mol. The fourth-order valence-electron chi connectivity index (χ4n) is 3.82. The summed E-state index contributed by atoms with van der Waals surface area (Å²) in [7, 11) is 3.41. The number of fused-ring (bicyclic) bond motifs is 1. The van der Waals surface area contributed by atoms with Crippen LogP contribution in [0.2, 0.25) is 0 Å². The zero-order valence-electron chi connectivity index (χ0n) is 18.2. The number of aromatic nitrogens is 5. The highest BCUT2D eigenvalue weighted by Gasteiger charge is 2.20. The van der Waals surface area contributed by atoms with Crippen molar-refractivity contribution in [3.05, 3.63) is 91.1 Å². The molecular weight excluding hydrogens is 416 g/mol. The lowest BCUT2D eigenvalue weighted by Gasteiger charge is -2.15. The topological polar surface area (TPSA) is 86.3 Å². The van der Waals surface area contributed by atoms with E-state index in [4.69, 9.17) is 4.74 Å². The minimum Gasteiger partial charge on any atom is -0.367 e. The molecule has 0 spiro atoms. The van der Waals surface area contributed by atoms with E-state index >= 15 is 0 Å². The van der Waals surface area contributed by atoms with Gasteiger partial charge < -0.3 is 10.1 Å². The Labute approximate surface area is 190 Å². The number of nitrogens with one attached hydrogen (secondary N) is 1. The van der Waals surface area contributed by atoms with E-state index in [2.05, 4.69) is 20.5 Å². The molecule has 164 valence electrons. The fourth-order valence-corrected chi connectivity index (χ4v) is 3.82. The summed E-state index contributed by atoms with van der Waals surface area (Å²) in [5.41, 5.74) is 6.11. The Bertz CT molecular complexity index is 1410. The predicted octanol–water partition coefficient (Wildman–Crippen LogP) is 4.12. The van der Waals surface area contributed by atoms with Crippen LogP contribution in [-0.2, 0) is 16.6 Å². The van der Waals surface area contributed by atoms with Gasteiger partial charge in [0.15, 0.2) is 6.10 Å². The Morgan fingerprint density at radius 1 is 0.970 bits per heavy atom. The van der Waals surface area contributed by atoms with E-state index in [9.17, 15) is 4.79 Å². The number of amides is 1. The highest BCUT2D eigenvalue weighted by atomic mass is 16.5. The first kappa shape index (κ1) is 20.6. The van der Waals surface area contributed by atoms with E-state index in [0.29, 0.717) is 5.69 Å². The number of methoxy groups -OCH3 is 1. The lowest BCUT2D eigenvalue weighted by molar-refractivity contribution is -0.126. The summed E-state index contributed by atoms with van der Waals surface area (Å²) in [6, 6.07) is 19.0. The number of carbonyl (C=O) groups is 1. The van der Waals surface area contributed by atoms with E-state index in [1.165, 1.54) is 13.4 Å². The number of rotatable bonds is 6. The largest absolute Gasteiger partial charge is 0.367 e. The maximum Gasteiger partial charge on any atom is 0.258 e. The van der Waals surface area contributed by atoms with E-state index in [-0.39, 0.29) is 5.91 Å². The molecule has 1 N–H and O–H groups in total. The van der Waals surface area contributed by atoms with Gasteiger partial charge in [0.25, 0.3) is 5.91 Å². The molecule has 0 aliphatic carbocycles. The van der Waals surface area contributed by atoms with Crippen molar-refractivity contribution < 1.29 is 9.53 Å². The van der Waals surface area contributed by atoms with Gasteiger partial charge in [-0.2, -0.15) is 10.2 Å². The van der Waals surface area contributed by atoms with E-state index in [1.54, 1.807) is 4.68 Å². The highest BCUT2D eigenvalue weighted by molar-refractivity contribution is 5.95. The average Bonchev–Trinajstić information content (AvgIpc) is 3.47. The molecule has 1 amide bonds. The van der Waals surface area contributed by atoms with Crippen LogP contribution in [0.5, 0.6) is 0 Å². The predicted molar refractivity (Wildman–Crippen MR) is 125 cm³/mol. The molecule has 0 saturated carbocycles. The molecule has 1 unspecified atom stereocenters. The number of carbonyl (C=O) groups excluding carboxylic acids is 1. The normalized spacial score (nSPS) is 12.1. The first-order chi connectivity index (χ1) is 16.1. The Hall–Kier alpha value is -4.30. The Kier molecular flexibility index (Phi) is 5.42. The minimum atomic E-state index is -0.681. The zero-order valence-corrected chi connectivity index (χ0v) is 18.2. The molecule has 33 heavy (non-hydrogen) atoms. The van der Waals surface area contributed by atoms with Gasteiger partial charge in [-0.05, 0) is 23.8 Å². The Morgan fingerprint density at radius 3 is 2.45 bits per heavy atom. The van der Waals surface area contributed by atoms with Crippen LogP contribution in [0.1, 0.15) is 11.7 Å². The monoisotopic (exact) mass is 438 g/mol. The molecule has 0 radical (unpaired) electrons. The van der Waals surface area contributed by atoms with Gasteiger partial charge in [0.05, 0.1) is 17.4 Å². The van der Waals surface area contributed by atoms with Crippen molar-refractivity contribution >= 4 is 17.1 Å². The summed E-state index contributed by atoms with van der Waals surface area (Å²) in [6.07, 6.45) is 6.60. The molecule has 5 rings (SSSR count). The van der Waals surface area contributed by atoms with Crippen molar-refractivity contribution in [3.63, 3.8) is 0 Å². The molecule has 0 saturated heterocycles. The second-order valence-corrected chi connectivity index (χ2v) is 7.66. The number of hydrogen-bond donors (Lipinski definition) is 1. The molecule has 0 fully saturated rings. The number of nitrogens with zero attached hydrogens (tertiary/aromatic N) is 5. The standard InChI is InChI=1S/C25H22N6O2/c1-30-14-20(13-27-30)19-12-22-23(26-16-28-31(22)15-19)17-8-10-21(11-9-17)29-25(32)24(33-2)18-6-4-3-5-7-18/h3-16,24H,1-2H3,(H,29,32). The summed E-state index contributed by atoms with van der Waals surface area (Å²) in [5, 5.41) is 11.5. The summed E-state index contributed by atoms with van der Waals surface area (Å²) >= 11 is 0. The molecule has 3 heterocycles. The molecule has 5 aromatic rings. The van der Waals surface area contributed by atoms with Crippen molar-refractivity contribution in [1.29, 1.82) is 0 Å². The third-order valence-corrected chi connectivity index (χ3v) is 5.45. The fraction of sp³-hybridized carbons (Fsp3) is 0.120. The van der Waals surface area contributed by atoms with Gasteiger partial charge in [0, 0.05) is 48.9 Å². The van der Waals surface area contributed by atoms with Crippen molar-refractivity contribution in [2.45, 2.75) is 6.10 Å². The van der Waals surface area contributed by atoms with Gasteiger partial charge in [-0.3, -0.25) is 9.48 Å². The van der Waals surface area contributed by atoms with Crippen LogP contribution >= 0.6 is 0 Å². The SMILES string of the molecule is COC(C(=O)Nc1ccc(-c2ncnn3cc(-c4cnn(C)c4)cc23)cc1)c1ccccc1. The molecule has 0 aliphatic heterocycles. The van der Waals surface area contributed by atoms with Crippen LogP contribution in [0.25, 0.3) is 27.9 Å². The quantitative estimate of drug-likeness (QED) is 0.431. The second kappa shape index (κ2) is 8.68. The maximum atomic E-state index is 12.7. The smallest absolute Gasteiger partial charge is 0.258 e. The molecule has 3 aromatic heterocycles. The third kappa shape index (κ3) is 4.11. The van der Waals surface area contributed by atoms with Gasteiger partial charge in [-0.15, -0.1) is 0 Å². The summed E-state index contributed by atoms with van der Waals surface area (Å²) in [6.45, 7) is 0. The summed E-state index contributed by atoms with van der Waals surface area (Å²) < 4.78 is 8.99. The number of aryl methyl sites for hydroxylation is 1. The summed E-state index contributed by atoms with van der Waals surface area (Å²) in [4.78, 5) is 17.2. The molecule has 0 bridgehead atoms. The molecule has 0 aliphatic rings. The van der Waals surface area contributed by atoms with E-state index in [0.717, 1.165) is 33.5 Å². The van der Waals surface area contributed by atoms with Gasteiger partial charge in [-0.1, -0.05) is 42.5 Å². The highest BCUT2D eigenvalue weighted by Crippen LogP contribution is 2.28. The molecule has 2 aromatic carbocycles. The minimum absolute atomic E-state index is 0.228. The Morgan fingerprint density at radius 2 is 1.76 bits per heavy atom. The van der Waals surface area contributed by atoms with Crippen LogP contribution in [0.15, 0.2) is 85.6 Å². The summed E-state index contributed by atoms with van der Waals surface area (Å²) in [5.74, 6) is -0.228. The maximum absolute atomic E-state index is 12.7. The number of anilines is 1. The lowest BCUT2D eigenvalue weighted by Crippen LogP contribution is -2.22. The van der Waals surface area contributed by atoms with Gasteiger partial charge in [0.2, 0.25) is 0 Å². The van der Waals surface area contributed by atoms with Crippen molar-refractivity contribution in [3.8, 4) is 22.4 Å². The second-order valence-electron chi connectivity index (χ2n) is 7.66. The number of hydrogen-bond acceptors (Lipinski definition) is 5. The molecule has 8 heteroatoms. The van der Waals surface area contributed by atoms with Crippen LogP contribution in [0.3, 0.4) is 0 Å². The Balaban J connectivity index is 1.39. The van der Waals surface area contributed by atoms with Crippen molar-refractivity contribution in [1.82, 2.24) is 24.4 Å².